The molecule has 0 radical (unpaired) electrons. The molecule has 3 aromatic rings. The Kier molecular flexibility index (Phi) is 5.69. The molecule has 1 aliphatic rings. The average Bonchev–Trinajstić information content (AvgIpc) is 3.38. The van der Waals surface area contributed by atoms with Crippen LogP contribution in [0.3, 0.4) is 0 Å². The molecule has 1 aromatic heterocycles. The summed E-state index contributed by atoms with van der Waals surface area (Å²) in [5, 5.41) is 2.88. The molecule has 0 atom stereocenters. The SMILES string of the molecule is CCCCNC(=O)N1CCc2cc(S(=O)(=O)n3cc(-c4ccccc4)[nH]c3=O)ccc21. The van der Waals surface area contributed by atoms with Gasteiger partial charge in [0.25, 0.3) is 10.0 Å². The number of unbranched alkanes of at least 4 members (excludes halogenated alkanes) is 1. The van der Waals surface area contributed by atoms with Crippen molar-refractivity contribution in [2.45, 2.75) is 31.1 Å². The van der Waals surface area contributed by atoms with Crippen LogP contribution in [0.2, 0.25) is 0 Å². The Labute approximate surface area is 180 Å². The minimum atomic E-state index is -4.08. The normalized spacial score (nSPS) is 13.3. The summed E-state index contributed by atoms with van der Waals surface area (Å²) in [6.45, 7) is 3.14. The average molecular weight is 441 g/mol. The third kappa shape index (κ3) is 4.00. The van der Waals surface area contributed by atoms with Gasteiger partial charge in [-0.3, -0.25) is 4.90 Å². The van der Waals surface area contributed by atoms with Crippen molar-refractivity contribution in [3.8, 4) is 11.3 Å². The second-order valence-corrected chi connectivity index (χ2v) is 9.23. The molecule has 0 fully saturated rings. The largest absolute Gasteiger partial charge is 0.340 e. The van der Waals surface area contributed by atoms with E-state index in [0.717, 1.165) is 22.4 Å². The summed E-state index contributed by atoms with van der Waals surface area (Å²) in [6.07, 6.45) is 3.74. The zero-order chi connectivity index (χ0) is 22.0. The maximum atomic E-state index is 13.1. The van der Waals surface area contributed by atoms with Crippen molar-refractivity contribution in [1.82, 2.24) is 14.3 Å². The molecule has 2 N–H and O–H groups in total. The fourth-order valence-electron chi connectivity index (χ4n) is 3.65. The number of hydrogen-bond donors (Lipinski definition) is 2. The van der Waals surface area contributed by atoms with E-state index < -0.39 is 15.7 Å². The molecule has 9 heteroatoms. The third-order valence-electron chi connectivity index (χ3n) is 5.33. The predicted molar refractivity (Wildman–Crippen MR) is 119 cm³/mol. The van der Waals surface area contributed by atoms with Crippen LogP contribution in [-0.4, -0.2) is 36.5 Å². The molecule has 0 saturated carbocycles. The van der Waals surface area contributed by atoms with Crippen LogP contribution in [0, 0.1) is 0 Å². The van der Waals surface area contributed by atoms with Crippen molar-refractivity contribution in [1.29, 1.82) is 0 Å². The maximum Gasteiger partial charge on any atom is 0.340 e. The molecule has 0 unspecified atom stereocenters. The van der Waals surface area contributed by atoms with Crippen molar-refractivity contribution in [3.05, 3.63) is 70.8 Å². The summed E-state index contributed by atoms with van der Waals surface area (Å²) >= 11 is 0. The number of carbonyl (C=O) groups excluding carboxylic acids is 1. The predicted octanol–water partition coefficient (Wildman–Crippen LogP) is 2.95. The van der Waals surface area contributed by atoms with Gasteiger partial charge in [-0.1, -0.05) is 43.7 Å². The van der Waals surface area contributed by atoms with E-state index in [1.807, 2.05) is 18.2 Å². The number of nitrogens with one attached hydrogen (secondary N) is 2. The zero-order valence-corrected chi connectivity index (χ0v) is 18.0. The molecule has 1 aliphatic heterocycles. The minimum absolute atomic E-state index is 0.0141. The lowest BCUT2D eigenvalue weighted by Gasteiger charge is -2.18. The molecule has 2 amide bonds. The van der Waals surface area contributed by atoms with Gasteiger partial charge in [0.15, 0.2) is 0 Å². The quantitative estimate of drug-likeness (QED) is 0.575. The van der Waals surface area contributed by atoms with Crippen molar-refractivity contribution in [2.24, 2.45) is 0 Å². The first-order valence-electron chi connectivity index (χ1n) is 10.2. The molecule has 2 aromatic carbocycles. The maximum absolute atomic E-state index is 13.1. The smallest absolute Gasteiger partial charge is 0.338 e. The van der Waals surface area contributed by atoms with Crippen LogP contribution in [0.5, 0.6) is 0 Å². The Morgan fingerprint density at radius 3 is 2.68 bits per heavy atom. The van der Waals surface area contributed by atoms with Crippen molar-refractivity contribution in [2.75, 3.05) is 18.0 Å². The van der Waals surface area contributed by atoms with E-state index in [9.17, 15) is 18.0 Å². The lowest BCUT2D eigenvalue weighted by Crippen LogP contribution is -2.39. The Hall–Kier alpha value is -3.33. The summed E-state index contributed by atoms with van der Waals surface area (Å²) in [7, 11) is -4.08. The van der Waals surface area contributed by atoms with Crippen LogP contribution in [0.25, 0.3) is 11.3 Å². The molecule has 8 nitrogen and oxygen atoms in total. The van der Waals surface area contributed by atoms with E-state index in [4.69, 9.17) is 0 Å². The topological polar surface area (TPSA) is 104 Å². The first kappa shape index (κ1) is 20.9. The van der Waals surface area contributed by atoms with Crippen LogP contribution in [-0.2, 0) is 16.4 Å². The van der Waals surface area contributed by atoms with E-state index in [1.165, 1.54) is 12.3 Å². The number of imidazole rings is 1. The van der Waals surface area contributed by atoms with Gasteiger partial charge in [0.2, 0.25) is 0 Å². The van der Waals surface area contributed by atoms with Gasteiger partial charge in [-0.2, -0.15) is 3.97 Å². The number of nitrogens with zero attached hydrogens (tertiary/aromatic N) is 2. The van der Waals surface area contributed by atoms with E-state index in [1.54, 1.807) is 29.2 Å². The minimum Gasteiger partial charge on any atom is -0.338 e. The monoisotopic (exact) mass is 440 g/mol. The molecular weight excluding hydrogens is 416 g/mol. The molecule has 31 heavy (non-hydrogen) atoms. The number of rotatable bonds is 6. The number of H-pyrrole nitrogens is 1. The molecule has 0 aliphatic carbocycles. The molecule has 0 saturated heterocycles. The second-order valence-electron chi connectivity index (χ2n) is 7.42. The Bertz CT molecular complexity index is 1260. The van der Waals surface area contributed by atoms with Crippen LogP contribution in [0.15, 0.2) is 64.4 Å². The highest BCUT2D eigenvalue weighted by atomic mass is 32.2. The van der Waals surface area contributed by atoms with Crippen LogP contribution in [0.1, 0.15) is 25.3 Å². The van der Waals surface area contributed by atoms with E-state index in [2.05, 4.69) is 17.2 Å². The van der Waals surface area contributed by atoms with Crippen molar-refractivity contribution in [3.63, 3.8) is 0 Å². The van der Waals surface area contributed by atoms with E-state index in [0.29, 0.717) is 36.5 Å². The highest BCUT2D eigenvalue weighted by Crippen LogP contribution is 2.31. The molecule has 162 valence electrons. The Morgan fingerprint density at radius 2 is 1.94 bits per heavy atom. The van der Waals surface area contributed by atoms with Gasteiger partial charge in [-0.25, -0.2) is 18.0 Å². The lowest BCUT2D eigenvalue weighted by atomic mass is 10.2. The number of anilines is 1. The number of benzene rings is 2. The number of urea groups is 1. The summed E-state index contributed by atoms with van der Waals surface area (Å²) in [5.41, 5.74) is 1.87. The standard InChI is InChI=1S/C22H24N4O4S/c1-2-3-12-23-21(27)25-13-11-17-14-18(9-10-20(17)25)31(29,30)26-15-19(24-22(26)28)16-7-5-4-6-8-16/h4-10,14-15H,2-3,11-13H2,1H3,(H,23,27)(H,24,28). The van der Waals surface area contributed by atoms with Crippen LogP contribution in [0.4, 0.5) is 10.5 Å². The van der Waals surface area contributed by atoms with Crippen molar-refractivity contribution >= 4 is 21.7 Å². The van der Waals surface area contributed by atoms with Gasteiger partial charge in [-0.05, 0) is 42.2 Å². The van der Waals surface area contributed by atoms with Crippen LogP contribution < -0.4 is 15.9 Å². The first-order valence-corrected chi connectivity index (χ1v) is 11.7. The Balaban J connectivity index is 1.62. The lowest BCUT2D eigenvalue weighted by molar-refractivity contribution is 0.246. The number of amides is 2. The van der Waals surface area contributed by atoms with Gasteiger partial charge in [0.05, 0.1) is 16.8 Å². The van der Waals surface area contributed by atoms with Crippen LogP contribution >= 0.6 is 0 Å². The fraction of sp³-hybridized carbons (Fsp3) is 0.273. The highest BCUT2D eigenvalue weighted by Gasteiger charge is 2.28. The van der Waals surface area contributed by atoms with E-state index >= 15 is 0 Å². The van der Waals surface area contributed by atoms with Crippen molar-refractivity contribution < 1.29 is 13.2 Å². The zero-order valence-electron chi connectivity index (χ0n) is 17.2. The second kappa shape index (κ2) is 8.43. The number of aromatic amines is 1. The third-order valence-corrected chi connectivity index (χ3v) is 6.97. The Morgan fingerprint density at radius 1 is 1.16 bits per heavy atom. The van der Waals surface area contributed by atoms with Gasteiger partial charge in [-0.15, -0.1) is 0 Å². The van der Waals surface area contributed by atoms with Gasteiger partial charge < -0.3 is 10.3 Å². The highest BCUT2D eigenvalue weighted by molar-refractivity contribution is 7.90. The fourth-order valence-corrected chi connectivity index (χ4v) is 4.92. The number of carbonyl (C=O) groups is 1. The number of aromatic nitrogens is 2. The molecule has 4 rings (SSSR count). The summed E-state index contributed by atoms with van der Waals surface area (Å²) in [6, 6.07) is 13.5. The first-order chi connectivity index (χ1) is 14.9. The molecule has 2 heterocycles. The van der Waals surface area contributed by atoms with Gasteiger partial charge in [0, 0.05) is 18.8 Å². The van der Waals surface area contributed by atoms with Gasteiger partial charge in [0.1, 0.15) is 0 Å². The summed E-state index contributed by atoms with van der Waals surface area (Å²) < 4.78 is 27.0. The van der Waals surface area contributed by atoms with Gasteiger partial charge >= 0.3 is 11.7 Å². The molecule has 0 spiro atoms. The molecular formula is C22H24N4O4S. The summed E-state index contributed by atoms with van der Waals surface area (Å²) in [4.78, 5) is 29.1. The number of hydrogen-bond acceptors (Lipinski definition) is 4. The number of fused-ring (bicyclic) bond motifs is 1. The summed E-state index contributed by atoms with van der Waals surface area (Å²) in [5.74, 6) is 0. The molecule has 0 bridgehead atoms. The van der Waals surface area contributed by atoms with E-state index in [-0.39, 0.29) is 10.9 Å².